The molecule has 3 rings (SSSR count). The minimum atomic E-state index is -0.0495. The number of nitrogens with zero attached hydrogens (tertiary/aromatic N) is 1. The molecule has 108 valence electrons. The summed E-state index contributed by atoms with van der Waals surface area (Å²) in [6.45, 7) is 2.79. The summed E-state index contributed by atoms with van der Waals surface area (Å²) >= 11 is 2.05. The zero-order valence-corrected chi connectivity index (χ0v) is 13.9. The van der Waals surface area contributed by atoms with E-state index in [4.69, 9.17) is 0 Å². The van der Waals surface area contributed by atoms with E-state index in [9.17, 15) is 9.90 Å². The van der Waals surface area contributed by atoms with Crippen molar-refractivity contribution in [3.8, 4) is 5.75 Å². The summed E-state index contributed by atoms with van der Waals surface area (Å²) in [4.78, 5) is 14.5. The summed E-state index contributed by atoms with van der Waals surface area (Å²) in [5.41, 5.74) is 3.97. The summed E-state index contributed by atoms with van der Waals surface area (Å²) in [7, 11) is 0. The molecule has 0 unspecified atom stereocenters. The van der Waals surface area contributed by atoms with Crippen molar-refractivity contribution < 1.29 is 9.90 Å². The lowest BCUT2D eigenvalue weighted by Crippen LogP contribution is -2.35. The van der Waals surface area contributed by atoms with E-state index in [2.05, 4.69) is 13.0 Å². The maximum Gasteiger partial charge on any atom is 0.258 e. The molecule has 1 aliphatic heterocycles. The molecule has 0 atom stereocenters. The fourth-order valence-electron chi connectivity index (χ4n) is 2.74. The average molecular weight is 393 g/mol. The highest BCUT2D eigenvalue weighted by Gasteiger charge is 2.23. The summed E-state index contributed by atoms with van der Waals surface area (Å²) in [5.74, 6) is 0.106. The lowest BCUT2D eigenvalue weighted by molar-refractivity contribution is 0.0984. The summed E-state index contributed by atoms with van der Waals surface area (Å²) < 4.78 is 0.749. The number of aryl methyl sites for hydroxylation is 2. The van der Waals surface area contributed by atoms with Gasteiger partial charge in [0.15, 0.2) is 0 Å². The number of rotatable bonds is 1. The van der Waals surface area contributed by atoms with E-state index < -0.39 is 0 Å². The first-order valence-electron chi connectivity index (χ1n) is 6.96. The number of aromatic hydroxyl groups is 1. The number of phenolic OH excluding ortho intramolecular Hbond substituents is 1. The van der Waals surface area contributed by atoms with Crippen LogP contribution in [0, 0.1) is 10.5 Å². The van der Waals surface area contributed by atoms with Gasteiger partial charge in [0.25, 0.3) is 5.91 Å². The van der Waals surface area contributed by atoms with Crippen molar-refractivity contribution in [2.24, 2.45) is 0 Å². The standard InChI is InChI=1S/C17H16INO2/c1-11-4-7-15-12(9-11)3-2-8-19(15)17(21)13-5-6-14(18)16(20)10-13/h4-7,9-10,20H,2-3,8H2,1H3. The lowest BCUT2D eigenvalue weighted by atomic mass is 9.99. The third-order valence-corrected chi connectivity index (χ3v) is 4.70. The summed E-state index contributed by atoms with van der Waals surface area (Å²) in [6, 6.07) is 11.3. The van der Waals surface area contributed by atoms with Crippen LogP contribution in [0.3, 0.4) is 0 Å². The van der Waals surface area contributed by atoms with Crippen LogP contribution in [0.15, 0.2) is 36.4 Å². The van der Waals surface area contributed by atoms with Crippen LogP contribution in [-0.4, -0.2) is 17.6 Å². The number of anilines is 1. The number of amides is 1. The Labute approximate surface area is 137 Å². The monoisotopic (exact) mass is 393 g/mol. The second kappa shape index (κ2) is 5.67. The topological polar surface area (TPSA) is 40.5 Å². The minimum Gasteiger partial charge on any atom is -0.507 e. The third kappa shape index (κ3) is 2.77. The largest absolute Gasteiger partial charge is 0.507 e. The summed E-state index contributed by atoms with van der Waals surface area (Å²) in [5, 5.41) is 9.80. The van der Waals surface area contributed by atoms with Gasteiger partial charge in [0.1, 0.15) is 5.75 Å². The van der Waals surface area contributed by atoms with Gasteiger partial charge in [0.05, 0.1) is 3.57 Å². The molecule has 1 heterocycles. The predicted molar refractivity (Wildman–Crippen MR) is 92.0 cm³/mol. The maximum atomic E-state index is 12.7. The Bertz CT molecular complexity index is 712. The van der Waals surface area contributed by atoms with Crippen LogP contribution >= 0.6 is 22.6 Å². The molecule has 2 aromatic rings. The highest BCUT2D eigenvalue weighted by Crippen LogP contribution is 2.30. The Morgan fingerprint density at radius 2 is 2.05 bits per heavy atom. The van der Waals surface area contributed by atoms with E-state index in [-0.39, 0.29) is 11.7 Å². The van der Waals surface area contributed by atoms with Crippen LogP contribution in [0.4, 0.5) is 5.69 Å². The molecule has 1 aliphatic rings. The molecule has 3 nitrogen and oxygen atoms in total. The predicted octanol–water partition coefficient (Wildman–Crippen LogP) is 3.90. The molecule has 1 amide bonds. The third-order valence-electron chi connectivity index (χ3n) is 3.79. The maximum absolute atomic E-state index is 12.7. The first-order valence-corrected chi connectivity index (χ1v) is 8.04. The van der Waals surface area contributed by atoms with Gasteiger partial charge in [0, 0.05) is 17.8 Å². The molecule has 0 radical (unpaired) electrons. The van der Waals surface area contributed by atoms with Crippen molar-refractivity contribution in [2.45, 2.75) is 19.8 Å². The van der Waals surface area contributed by atoms with Crippen LogP contribution in [0.1, 0.15) is 27.9 Å². The number of hydrogen-bond donors (Lipinski definition) is 1. The zero-order chi connectivity index (χ0) is 15.0. The van der Waals surface area contributed by atoms with Gasteiger partial charge in [-0.2, -0.15) is 0 Å². The van der Waals surface area contributed by atoms with Gasteiger partial charge in [0.2, 0.25) is 0 Å². The highest BCUT2D eigenvalue weighted by atomic mass is 127. The Morgan fingerprint density at radius 1 is 1.24 bits per heavy atom. The quantitative estimate of drug-likeness (QED) is 0.747. The molecule has 0 aliphatic carbocycles. The number of hydrogen-bond acceptors (Lipinski definition) is 2. The molecule has 0 fully saturated rings. The average Bonchev–Trinajstić information content (AvgIpc) is 2.48. The molecule has 2 aromatic carbocycles. The zero-order valence-electron chi connectivity index (χ0n) is 11.8. The number of carbonyl (C=O) groups is 1. The first kappa shape index (κ1) is 14.4. The van der Waals surface area contributed by atoms with Gasteiger partial charge >= 0.3 is 0 Å². The Balaban J connectivity index is 1.98. The van der Waals surface area contributed by atoms with Crippen LogP contribution in [0.2, 0.25) is 0 Å². The SMILES string of the molecule is Cc1ccc2c(c1)CCCN2C(=O)c1ccc(I)c(O)c1. The molecule has 1 N–H and O–H groups in total. The van der Waals surface area contributed by atoms with Crippen molar-refractivity contribution in [3.63, 3.8) is 0 Å². The van der Waals surface area contributed by atoms with Crippen molar-refractivity contribution in [2.75, 3.05) is 11.4 Å². The van der Waals surface area contributed by atoms with E-state index in [0.29, 0.717) is 5.56 Å². The molecule has 0 spiro atoms. The molecule has 0 saturated heterocycles. The van der Waals surface area contributed by atoms with Crippen LogP contribution in [-0.2, 0) is 6.42 Å². The van der Waals surface area contributed by atoms with Gasteiger partial charge < -0.3 is 10.0 Å². The molecule has 0 bridgehead atoms. The Kier molecular flexibility index (Phi) is 3.89. The van der Waals surface area contributed by atoms with Crippen LogP contribution in [0.5, 0.6) is 5.75 Å². The fraction of sp³-hybridized carbons (Fsp3) is 0.235. The molecular weight excluding hydrogens is 377 g/mol. The van der Waals surface area contributed by atoms with Crippen molar-refractivity contribution >= 4 is 34.2 Å². The molecule has 0 aromatic heterocycles. The van der Waals surface area contributed by atoms with E-state index in [1.165, 1.54) is 11.1 Å². The second-order valence-electron chi connectivity index (χ2n) is 5.36. The van der Waals surface area contributed by atoms with Crippen LogP contribution < -0.4 is 4.90 Å². The van der Waals surface area contributed by atoms with E-state index in [1.54, 1.807) is 18.2 Å². The number of carbonyl (C=O) groups excluding carboxylic acids is 1. The van der Waals surface area contributed by atoms with Gasteiger partial charge in [-0.3, -0.25) is 4.79 Å². The minimum absolute atomic E-state index is 0.0495. The highest BCUT2D eigenvalue weighted by molar-refractivity contribution is 14.1. The normalized spacial score (nSPS) is 13.9. The number of fused-ring (bicyclic) bond motifs is 1. The first-order chi connectivity index (χ1) is 10.1. The molecule has 4 heteroatoms. The van der Waals surface area contributed by atoms with Crippen molar-refractivity contribution in [1.82, 2.24) is 0 Å². The summed E-state index contributed by atoms with van der Waals surface area (Å²) in [6.07, 6.45) is 1.98. The fourth-order valence-corrected chi connectivity index (χ4v) is 3.07. The lowest BCUT2D eigenvalue weighted by Gasteiger charge is -2.30. The van der Waals surface area contributed by atoms with Gasteiger partial charge in [-0.15, -0.1) is 0 Å². The van der Waals surface area contributed by atoms with Gasteiger partial charge in [-0.1, -0.05) is 17.7 Å². The van der Waals surface area contributed by atoms with Crippen LogP contribution in [0.25, 0.3) is 0 Å². The number of benzene rings is 2. The van der Waals surface area contributed by atoms with Crippen molar-refractivity contribution in [3.05, 3.63) is 56.7 Å². The van der Waals surface area contributed by atoms with E-state index in [1.807, 2.05) is 39.6 Å². The smallest absolute Gasteiger partial charge is 0.258 e. The van der Waals surface area contributed by atoms with Gasteiger partial charge in [-0.05, 0) is 72.2 Å². The number of phenols is 1. The molecule has 21 heavy (non-hydrogen) atoms. The van der Waals surface area contributed by atoms with Gasteiger partial charge in [-0.25, -0.2) is 0 Å². The van der Waals surface area contributed by atoms with E-state index >= 15 is 0 Å². The Hall–Kier alpha value is -1.56. The molecular formula is C17H16INO2. The number of halogens is 1. The van der Waals surface area contributed by atoms with E-state index in [0.717, 1.165) is 28.6 Å². The molecule has 0 saturated carbocycles. The second-order valence-corrected chi connectivity index (χ2v) is 6.52. The Morgan fingerprint density at radius 3 is 2.81 bits per heavy atom. The van der Waals surface area contributed by atoms with Crippen molar-refractivity contribution in [1.29, 1.82) is 0 Å².